The van der Waals surface area contributed by atoms with Gasteiger partial charge in [-0.25, -0.2) is 0 Å². The first-order chi connectivity index (χ1) is 14.0. The van der Waals surface area contributed by atoms with Gasteiger partial charge in [0, 0.05) is 18.7 Å². The molecule has 0 atom stereocenters. The summed E-state index contributed by atoms with van der Waals surface area (Å²) in [6.07, 6.45) is 1.65. The zero-order valence-corrected chi connectivity index (χ0v) is 16.8. The zero-order valence-electron chi connectivity index (χ0n) is 16.0. The molecule has 0 bridgehead atoms. The third-order valence-electron chi connectivity index (χ3n) is 4.20. The van der Waals surface area contributed by atoms with Crippen molar-refractivity contribution in [1.29, 1.82) is 0 Å². The molecular weight excluding hydrogens is 392 g/mol. The van der Waals surface area contributed by atoms with Crippen LogP contribution in [-0.4, -0.2) is 42.7 Å². The topological polar surface area (TPSA) is 84.9 Å². The molecule has 3 amide bonds. The van der Waals surface area contributed by atoms with E-state index < -0.39 is 11.1 Å². The van der Waals surface area contributed by atoms with E-state index in [-0.39, 0.29) is 18.9 Å². The number of hydrogen-bond donors (Lipinski definition) is 1. The van der Waals surface area contributed by atoms with Gasteiger partial charge in [0.05, 0.1) is 19.1 Å². The van der Waals surface area contributed by atoms with Gasteiger partial charge in [0.1, 0.15) is 0 Å². The van der Waals surface area contributed by atoms with E-state index in [0.29, 0.717) is 27.7 Å². The number of hydrogen-bond acceptors (Lipinski definition) is 6. The number of methoxy groups -OCH3 is 2. The molecule has 29 heavy (non-hydrogen) atoms. The summed E-state index contributed by atoms with van der Waals surface area (Å²) in [5.74, 6) is 0.418. The minimum atomic E-state index is -0.415. The Kier molecular flexibility index (Phi) is 6.56. The highest BCUT2D eigenvalue weighted by Crippen LogP contribution is 2.34. The van der Waals surface area contributed by atoms with E-state index in [1.54, 1.807) is 36.4 Å². The molecule has 150 valence electrons. The number of imide groups is 1. The molecule has 1 N–H and O–H groups in total. The molecule has 1 saturated heterocycles. The second kappa shape index (κ2) is 9.29. The molecule has 1 fully saturated rings. The fourth-order valence-electron chi connectivity index (χ4n) is 2.75. The first-order valence-corrected chi connectivity index (χ1v) is 9.65. The van der Waals surface area contributed by atoms with Crippen molar-refractivity contribution in [3.63, 3.8) is 0 Å². The monoisotopic (exact) mass is 412 g/mol. The Labute approximate surface area is 172 Å². The summed E-state index contributed by atoms with van der Waals surface area (Å²) >= 11 is 0.850. The number of rotatable bonds is 7. The zero-order chi connectivity index (χ0) is 20.8. The largest absolute Gasteiger partial charge is 0.493 e. The number of benzene rings is 2. The van der Waals surface area contributed by atoms with Gasteiger partial charge in [-0.3, -0.25) is 19.3 Å². The standard InChI is InChI=1S/C21H20N2O5S/c1-27-16-9-8-14(12-17(16)28-2)13-18-20(25)23(21(26)29-18)11-10-19(24)22-15-6-4-3-5-7-15/h3-9,12-13H,10-11H2,1-2H3,(H,22,24)/b18-13-. The lowest BCUT2D eigenvalue weighted by Gasteiger charge is -2.12. The molecular formula is C21H20N2O5S. The molecule has 1 aliphatic heterocycles. The predicted octanol–water partition coefficient (Wildman–Crippen LogP) is 3.77. The number of nitrogens with one attached hydrogen (secondary N) is 1. The van der Waals surface area contributed by atoms with E-state index in [1.165, 1.54) is 14.2 Å². The van der Waals surface area contributed by atoms with Crippen molar-refractivity contribution < 1.29 is 23.9 Å². The summed E-state index contributed by atoms with van der Waals surface area (Å²) in [6.45, 7) is 0.0204. The Morgan fingerprint density at radius 2 is 1.79 bits per heavy atom. The van der Waals surface area contributed by atoms with Gasteiger partial charge in [0.15, 0.2) is 11.5 Å². The Hall–Kier alpha value is -3.26. The third-order valence-corrected chi connectivity index (χ3v) is 5.11. The molecule has 0 unspecified atom stereocenters. The summed E-state index contributed by atoms with van der Waals surface area (Å²) in [7, 11) is 3.06. The van der Waals surface area contributed by atoms with Gasteiger partial charge in [-0.05, 0) is 47.7 Å². The van der Waals surface area contributed by atoms with Crippen LogP contribution in [0.3, 0.4) is 0 Å². The number of ether oxygens (including phenoxy) is 2. The Morgan fingerprint density at radius 1 is 1.07 bits per heavy atom. The average molecular weight is 412 g/mol. The van der Waals surface area contributed by atoms with E-state index in [4.69, 9.17) is 9.47 Å². The first-order valence-electron chi connectivity index (χ1n) is 8.84. The highest BCUT2D eigenvalue weighted by molar-refractivity contribution is 8.18. The van der Waals surface area contributed by atoms with Gasteiger partial charge in [-0.1, -0.05) is 24.3 Å². The van der Waals surface area contributed by atoms with E-state index in [0.717, 1.165) is 16.7 Å². The summed E-state index contributed by atoms with van der Waals surface area (Å²) in [6, 6.07) is 14.2. The van der Waals surface area contributed by atoms with Crippen LogP contribution in [0.25, 0.3) is 6.08 Å². The number of amides is 3. The lowest BCUT2D eigenvalue weighted by atomic mass is 10.2. The molecule has 1 aliphatic rings. The minimum Gasteiger partial charge on any atom is -0.493 e. The van der Waals surface area contributed by atoms with Gasteiger partial charge >= 0.3 is 0 Å². The number of nitrogens with zero attached hydrogens (tertiary/aromatic N) is 1. The maximum Gasteiger partial charge on any atom is 0.293 e. The average Bonchev–Trinajstić information content (AvgIpc) is 2.99. The van der Waals surface area contributed by atoms with Gasteiger partial charge in [0.25, 0.3) is 11.1 Å². The minimum absolute atomic E-state index is 0.0204. The molecule has 3 rings (SSSR count). The molecule has 0 saturated carbocycles. The first kappa shape index (κ1) is 20.5. The molecule has 2 aromatic carbocycles. The summed E-state index contributed by atoms with van der Waals surface area (Å²) < 4.78 is 10.5. The molecule has 1 heterocycles. The van der Waals surface area contributed by atoms with Crippen LogP contribution < -0.4 is 14.8 Å². The lowest BCUT2D eigenvalue weighted by molar-refractivity contribution is -0.123. The number of thioether (sulfide) groups is 1. The Balaban J connectivity index is 1.65. The molecule has 0 spiro atoms. The van der Waals surface area contributed by atoms with Crippen molar-refractivity contribution in [2.45, 2.75) is 6.42 Å². The maximum absolute atomic E-state index is 12.6. The smallest absolute Gasteiger partial charge is 0.293 e. The van der Waals surface area contributed by atoms with Crippen molar-refractivity contribution in [2.24, 2.45) is 0 Å². The summed E-state index contributed by atoms with van der Waals surface area (Å²) in [4.78, 5) is 38.3. The molecule has 2 aromatic rings. The SMILES string of the molecule is COc1ccc(/C=C2\SC(=O)N(CCC(=O)Nc3ccccc3)C2=O)cc1OC. The number of para-hydroxylation sites is 1. The van der Waals surface area contributed by atoms with Crippen molar-refractivity contribution in [2.75, 3.05) is 26.1 Å². The van der Waals surface area contributed by atoms with Gasteiger partial charge in [0.2, 0.25) is 5.91 Å². The van der Waals surface area contributed by atoms with E-state index in [9.17, 15) is 14.4 Å². The van der Waals surface area contributed by atoms with Crippen LogP contribution >= 0.6 is 11.8 Å². The van der Waals surface area contributed by atoms with Crippen molar-refractivity contribution in [1.82, 2.24) is 4.90 Å². The lowest BCUT2D eigenvalue weighted by Crippen LogP contribution is -2.31. The fraction of sp³-hybridized carbons (Fsp3) is 0.190. The van der Waals surface area contributed by atoms with Gasteiger partial charge < -0.3 is 14.8 Å². The third kappa shape index (κ3) is 4.97. The fourth-order valence-corrected chi connectivity index (χ4v) is 3.61. The Morgan fingerprint density at radius 3 is 2.48 bits per heavy atom. The second-order valence-corrected chi connectivity index (χ2v) is 7.11. The molecule has 0 aliphatic carbocycles. The van der Waals surface area contributed by atoms with Crippen LogP contribution in [0.1, 0.15) is 12.0 Å². The van der Waals surface area contributed by atoms with Crippen LogP contribution in [0.5, 0.6) is 11.5 Å². The number of anilines is 1. The molecule has 0 aromatic heterocycles. The van der Waals surface area contributed by atoms with Crippen molar-refractivity contribution in [3.05, 3.63) is 59.0 Å². The van der Waals surface area contributed by atoms with Crippen LogP contribution in [0.2, 0.25) is 0 Å². The highest BCUT2D eigenvalue weighted by Gasteiger charge is 2.35. The van der Waals surface area contributed by atoms with E-state index in [2.05, 4.69) is 5.32 Å². The predicted molar refractivity (Wildman–Crippen MR) is 112 cm³/mol. The highest BCUT2D eigenvalue weighted by atomic mass is 32.2. The van der Waals surface area contributed by atoms with Crippen LogP contribution in [0, 0.1) is 0 Å². The quantitative estimate of drug-likeness (QED) is 0.697. The normalized spacial score (nSPS) is 15.0. The van der Waals surface area contributed by atoms with Crippen molar-refractivity contribution >= 4 is 40.6 Å². The van der Waals surface area contributed by atoms with Crippen LogP contribution in [-0.2, 0) is 9.59 Å². The van der Waals surface area contributed by atoms with Crippen LogP contribution in [0.4, 0.5) is 10.5 Å². The molecule has 0 radical (unpaired) electrons. The van der Waals surface area contributed by atoms with Crippen molar-refractivity contribution in [3.8, 4) is 11.5 Å². The van der Waals surface area contributed by atoms with E-state index >= 15 is 0 Å². The second-order valence-electron chi connectivity index (χ2n) is 6.11. The molecule has 8 heteroatoms. The summed E-state index contributed by atoms with van der Waals surface area (Å²) in [5, 5.41) is 2.34. The number of carbonyl (C=O) groups excluding carboxylic acids is 3. The Bertz CT molecular complexity index is 959. The van der Waals surface area contributed by atoms with Gasteiger partial charge in [-0.2, -0.15) is 0 Å². The van der Waals surface area contributed by atoms with Crippen LogP contribution in [0.15, 0.2) is 53.4 Å². The maximum atomic E-state index is 12.6. The van der Waals surface area contributed by atoms with Gasteiger partial charge in [-0.15, -0.1) is 0 Å². The number of carbonyl (C=O) groups is 3. The molecule has 7 nitrogen and oxygen atoms in total. The summed E-state index contributed by atoms with van der Waals surface area (Å²) in [5.41, 5.74) is 1.37. The van der Waals surface area contributed by atoms with E-state index in [1.807, 2.05) is 18.2 Å².